The first-order valence-electron chi connectivity index (χ1n) is 5.58. The molecule has 1 aromatic carbocycles. The van der Waals surface area contributed by atoms with E-state index in [9.17, 15) is 0 Å². The largest absolute Gasteiger partial charge is 0.383 e. The van der Waals surface area contributed by atoms with Crippen molar-refractivity contribution in [3.8, 4) is 0 Å². The Morgan fingerprint density at radius 1 is 1.13 bits per heavy atom. The minimum Gasteiger partial charge on any atom is -0.383 e. The molecule has 15 heavy (non-hydrogen) atoms. The van der Waals surface area contributed by atoms with Crippen LogP contribution in [0.15, 0.2) is 24.3 Å². The van der Waals surface area contributed by atoms with Gasteiger partial charge in [-0.05, 0) is 12.5 Å². The number of benzene rings is 1. The van der Waals surface area contributed by atoms with Crippen LogP contribution in [0.3, 0.4) is 0 Å². The van der Waals surface area contributed by atoms with E-state index in [-0.39, 0.29) is 0 Å². The van der Waals surface area contributed by atoms with E-state index >= 15 is 0 Å². The molecular weight excluding hydrogens is 186 g/mol. The molecule has 0 amide bonds. The van der Waals surface area contributed by atoms with Crippen LogP contribution >= 0.6 is 0 Å². The minimum absolute atomic E-state index is 0.770. The zero-order valence-electron chi connectivity index (χ0n) is 10.3. The monoisotopic (exact) mass is 209 g/mol. The van der Waals surface area contributed by atoms with Crippen molar-refractivity contribution in [3.63, 3.8) is 0 Å². The lowest BCUT2D eigenvalue weighted by Gasteiger charge is -2.04. The van der Waals surface area contributed by atoms with E-state index in [1.54, 1.807) is 7.11 Å². The highest BCUT2D eigenvalue weighted by atomic mass is 16.5. The Bertz CT molecular complexity index is 231. The first kappa shape index (κ1) is 14.1. The molecule has 0 heterocycles. The van der Waals surface area contributed by atoms with E-state index in [0.29, 0.717) is 0 Å². The zero-order chi connectivity index (χ0) is 11.5. The van der Waals surface area contributed by atoms with Crippen LogP contribution in [0.4, 0.5) is 0 Å². The van der Waals surface area contributed by atoms with Crippen molar-refractivity contribution in [1.82, 2.24) is 5.32 Å². The number of rotatable bonds is 5. The Hall–Kier alpha value is -0.860. The summed E-state index contributed by atoms with van der Waals surface area (Å²) in [4.78, 5) is 0. The smallest absolute Gasteiger partial charge is 0.0587 e. The Labute approximate surface area is 93.7 Å². The molecule has 1 rings (SSSR count). The van der Waals surface area contributed by atoms with Crippen molar-refractivity contribution in [2.45, 2.75) is 27.3 Å². The molecule has 0 atom stereocenters. The van der Waals surface area contributed by atoms with Gasteiger partial charge in [-0.3, -0.25) is 0 Å². The van der Waals surface area contributed by atoms with Crippen molar-refractivity contribution in [2.24, 2.45) is 0 Å². The summed E-state index contributed by atoms with van der Waals surface area (Å²) in [5.41, 5.74) is 2.63. The predicted molar refractivity (Wildman–Crippen MR) is 66.1 cm³/mol. The van der Waals surface area contributed by atoms with Crippen LogP contribution in [0.1, 0.15) is 25.0 Å². The standard InChI is InChI=1S/C11H17NO.C2H6/c1-10-3-5-11(6-4-10)9-12-7-8-13-2;1-2/h3-6,12H,7-9H2,1-2H3;1-2H3. The van der Waals surface area contributed by atoms with Crippen LogP contribution in [0.5, 0.6) is 0 Å². The molecule has 1 N–H and O–H groups in total. The molecule has 2 nitrogen and oxygen atoms in total. The van der Waals surface area contributed by atoms with Crippen LogP contribution < -0.4 is 5.32 Å². The molecule has 0 spiro atoms. The van der Waals surface area contributed by atoms with Crippen molar-refractivity contribution in [1.29, 1.82) is 0 Å². The number of ether oxygens (including phenoxy) is 1. The maximum Gasteiger partial charge on any atom is 0.0587 e. The molecule has 2 heteroatoms. The average molecular weight is 209 g/mol. The lowest BCUT2D eigenvalue weighted by Crippen LogP contribution is -2.18. The highest BCUT2D eigenvalue weighted by Crippen LogP contribution is 2.01. The average Bonchev–Trinajstić information content (AvgIpc) is 2.30. The first-order chi connectivity index (χ1) is 7.33. The summed E-state index contributed by atoms with van der Waals surface area (Å²) in [7, 11) is 1.72. The third kappa shape index (κ3) is 7.11. The third-order valence-electron chi connectivity index (χ3n) is 1.93. The van der Waals surface area contributed by atoms with Crippen LogP contribution in [-0.2, 0) is 11.3 Å². The Kier molecular flexibility index (Phi) is 9.13. The van der Waals surface area contributed by atoms with E-state index in [1.165, 1.54) is 11.1 Å². The van der Waals surface area contributed by atoms with Gasteiger partial charge in [0.05, 0.1) is 6.61 Å². The van der Waals surface area contributed by atoms with Crippen LogP contribution in [-0.4, -0.2) is 20.3 Å². The fraction of sp³-hybridized carbons (Fsp3) is 0.538. The maximum absolute atomic E-state index is 4.94. The van der Waals surface area contributed by atoms with Crippen molar-refractivity contribution in [3.05, 3.63) is 35.4 Å². The number of methoxy groups -OCH3 is 1. The van der Waals surface area contributed by atoms with Gasteiger partial charge in [-0.25, -0.2) is 0 Å². The van der Waals surface area contributed by atoms with Gasteiger partial charge in [0, 0.05) is 20.2 Å². The van der Waals surface area contributed by atoms with E-state index < -0.39 is 0 Å². The second kappa shape index (κ2) is 9.69. The fourth-order valence-electron chi connectivity index (χ4n) is 1.11. The molecule has 0 aromatic heterocycles. The molecule has 0 unspecified atom stereocenters. The SMILES string of the molecule is CC.COCCNCc1ccc(C)cc1. The summed E-state index contributed by atoms with van der Waals surface area (Å²) in [6.07, 6.45) is 0. The Balaban J connectivity index is 0.000000921. The minimum atomic E-state index is 0.770. The molecule has 0 aliphatic carbocycles. The molecule has 86 valence electrons. The quantitative estimate of drug-likeness (QED) is 0.753. The van der Waals surface area contributed by atoms with Gasteiger partial charge >= 0.3 is 0 Å². The first-order valence-corrected chi connectivity index (χ1v) is 5.58. The second-order valence-electron chi connectivity index (χ2n) is 3.16. The molecule has 0 radical (unpaired) electrons. The molecule has 0 aliphatic rings. The van der Waals surface area contributed by atoms with Gasteiger partial charge in [0.1, 0.15) is 0 Å². The summed E-state index contributed by atoms with van der Waals surface area (Å²) < 4.78 is 4.94. The van der Waals surface area contributed by atoms with E-state index in [1.807, 2.05) is 13.8 Å². The summed E-state index contributed by atoms with van der Waals surface area (Å²) in [5.74, 6) is 0. The topological polar surface area (TPSA) is 21.3 Å². The molecule has 1 aromatic rings. The molecule has 0 saturated carbocycles. The fourth-order valence-corrected chi connectivity index (χ4v) is 1.11. The van der Waals surface area contributed by atoms with Gasteiger partial charge in [0.25, 0.3) is 0 Å². The molecule has 0 bridgehead atoms. The number of hydrogen-bond acceptors (Lipinski definition) is 2. The third-order valence-corrected chi connectivity index (χ3v) is 1.93. The van der Waals surface area contributed by atoms with E-state index in [2.05, 4.69) is 36.5 Å². The second-order valence-corrected chi connectivity index (χ2v) is 3.16. The van der Waals surface area contributed by atoms with E-state index in [0.717, 1.165) is 19.7 Å². The molecular formula is C13H23NO. The molecule has 0 saturated heterocycles. The van der Waals surface area contributed by atoms with Crippen LogP contribution in [0.2, 0.25) is 0 Å². The lowest BCUT2D eigenvalue weighted by atomic mass is 10.1. The highest BCUT2D eigenvalue weighted by molar-refractivity contribution is 5.20. The summed E-state index contributed by atoms with van der Waals surface area (Å²) in [6, 6.07) is 8.56. The summed E-state index contributed by atoms with van der Waals surface area (Å²) in [6.45, 7) is 8.70. The molecule has 0 aliphatic heterocycles. The van der Waals surface area contributed by atoms with Crippen molar-refractivity contribution >= 4 is 0 Å². The summed E-state index contributed by atoms with van der Waals surface area (Å²) in [5, 5.41) is 3.30. The lowest BCUT2D eigenvalue weighted by molar-refractivity contribution is 0.199. The van der Waals surface area contributed by atoms with Crippen LogP contribution in [0, 0.1) is 6.92 Å². The normalized spacial score (nSPS) is 9.33. The van der Waals surface area contributed by atoms with Gasteiger partial charge < -0.3 is 10.1 Å². The number of nitrogens with one attached hydrogen (secondary N) is 1. The predicted octanol–water partition coefficient (Wildman–Crippen LogP) is 2.76. The van der Waals surface area contributed by atoms with E-state index in [4.69, 9.17) is 4.74 Å². The van der Waals surface area contributed by atoms with Crippen LogP contribution in [0.25, 0.3) is 0 Å². The zero-order valence-corrected chi connectivity index (χ0v) is 10.3. The van der Waals surface area contributed by atoms with Gasteiger partial charge in [0.15, 0.2) is 0 Å². The Morgan fingerprint density at radius 2 is 1.73 bits per heavy atom. The molecule has 0 fully saturated rings. The maximum atomic E-state index is 4.94. The van der Waals surface area contributed by atoms with Crippen molar-refractivity contribution in [2.75, 3.05) is 20.3 Å². The van der Waals surface area contributed by atoms with Crippen molar-refractivity contribution < 1.29 is 4.74 Å². The Morgan fingerprint density at radius 3 is 2.27 bits per heavy atom. The number of hydrogen-bond donors (Lipinski definition) is 1. The van der Waals surface area contributed by atoms with Gasteiger partial charge in [0.2, 0.25) is 0 Å². The van der Waals surface area contributed by atoms with Gasteiger partial charge in [-0.15, -0.1) is 0 Å². The summed E-state index contributed by atoms with van der Waals surface area (Å²) >= 11 is 0. The highest BCUT2D eigenvalue weighted by Gasteiger charge is 1.91. The van der Waals surface area contributed by atoms with Gasteiger partial charge in [-0.1, -0.05) is 43.7 Å². The number of aryl methyl sites for hydroxylation is 1. The van der Waals surface area contributed by atoms with Gasteiger partial charge in [-0.2, -0.15) is 0 Å².